The molecule has 0 heterocycles. The Morgan fingerprint density at radius 2 is 1.94 bits per heavy atom. The van der Waals surface area contributed by atoms with Crippen molar-refractivity contribution in [3.8, 4) is 0 Å². The van der Waals surface area contributed by atoms with Crippen molar-refractivity contribution >= 4 is 24.4 Å². The van der Waals surface area contributed by atoms with Crippen molar-refractivity contribution in [2.75, 3.05) is 25.9 Å². The number of nitrogens with one attached hydrogen (secondary N) is 2. The summed E-state index contributed by atoms with van der Waals surface area (Å²) >= 11 is 4.05. The van der Waals surface area contributed by atoms with Gasteiger partial charge in [0.1, 0.15) is 6.04 Å². The summed E-state index contributed by atoms with van der Waals surface area (Å²) in [6, 6.07) is -0.0427. The number of carbonyl (C=O) groups is 2. The summed E-state index contributed by atoms with van der Waals surface area (Å²) in [7, 11) is 2.06. The second-order valence-electron chi connectivity index (χ2n) is 4.65. The third kappa shape index (κ3) is 7.55. The second kappa shape index (κ2) is 9.22. The summed E-state index contributed by atoms with van der Waals surface area (Å²) in [6.45, 7) is 7.20. The maximum atomic E-state index is 11.7. The van der Waals surface area contributed by atoms with Gasteiger partial charge >= 0.3 is 0 Å². The highest BCUT2D eigenvalue weighted by molar-refractivity contribution is 7.80. The molecule has 1 unspecified atom stereocenters. The minimum absolute atomic E-state index is 0.174. The van der Waals surface area contributed by atoms with Crippen molar-refractivity contribution in [2.24, 2.45) is 0 Å². The number of hydrogen-bond acceptors (Lipinski definition) is 4. The van der Waals surface area contributed by atoms with E-state index in [9.17, 15) is 9.59 Å². The SMILES string of the molecule is CC(=O)NC(CS)C(=O)NCCCN(C)C(C)C. The molecule has 0 radical (unpaired) electrons. The molecular formula is C12H25N3O2S. The first-order valence-electron chi connectivity index (χ1n) is 6.24. The first-order chi connectivity index (χ1) is 8.38. The largest absolute Gasteiger partial charge is 0.354 e. The van der Waals surface area contributed by atoms with Crippen molar-refractivity contribution < 1.29 is 9.59 Å². The smallest absolute Gasteiger partial charge is 0.243 e. The van der Waals surface area contributed by atoms with Gasteiger partial charge in [-0.25, -0.2) is 0 Å². The molecule has 6 heteroatoms. The summed E-state index contributed by atoms with van der Waals surface area (Å²) < 4.78 is 0. The Labute approximate surface area is 115 Å². The molecule has 5 nitrogen and oxygen atoms in total. The minimum Gasteiger partial charge on any atom is -0.354 e. The monoisotopic (exact) mass is 275 g/mol. The Morgan fingerprint density at radius 3 is 2.39 bits per heavy atom. The lowest BCUT2D eigenvalue weighted by Crippen LogP contribution is -2.47. The Morgan fingerprint density at radius 1 is 1.33 bits per heavy atom. The summed E-state index contributed by atoms with van der Waals surface area (Å²) in [4.78, 5) is 24.8. The van der Waals surface area contributed by atoms with Gasteiger partial charge in [0.2, 0.25) is 11.8 Å². The van der Waals surface area contributed by atoms with Crippen molar-refractivity contribution in [2.45, 2.75) is 39.3 Å². The molecule has 0 aliphatic rings. The molecule has 0 aromatic rings. The Hall–Kier alpha value is -0.750. The molecule has 18 heavy (non-hydrogen) atoms. The van der Waals surface area contributed by atoms with Gasteiger partial charge in [-0.15, -0.1) is 0 Å². The van der Waals surface area contributed by atoms with E-state index < -0.39 is 6.04 Å². The molecule has 0 bridgehead atoms. The van der Waals surface area contributed by atoms with Crippen molar-refractivity contribution in [3.05, 3.63) is 0 Å². The summed E-state index contributed by atoms with van der Waals surface area (Å²) in [5.41, 5.74) is 0. The van der Waals surface area contributed by atoms with Crippen LogP contribution in [-0.2, 0) is 9.59 Å². The number of nitrogens with zero attached hydrogens (tertiary/aromatic N) is 1. The van der Waals surface area contributed by atoms with Crippen molar-refractivity contribution in [1.82, 2.24) is 15.5 Å². The van der Waals surface area contributed by atoms with Gasteiger partial charge in [-0.05, 0) is 33.9 Å². The zero-order chi connectivity index (χ0) is 14.1. The molecule has 0 aromatic carbocycles. The third-order valence-corrected chi connectivity index (χ3v) is 3.11. The molecule has 1 atom stereocenters. The van der Waals surface area contributed by atoms with Gasteiger partial charge < -0.3 is 15.5 Å². The molecule has 0 spiro atoms. The predicted molar refractivity (Wildman–Crippen MR) is 76.9 cm³/mol. The zero-order valence-electron chi connectivity index (χ0n) is 11.7. The molecule has 0 aromatic heterocycles. The van der Waals surface area contributed by atoms with E-state index in [1.165, 1.54) is 6.92 Å². The Bertz CT molecular complexity index is 272. The molecule has 0 saturated carbocycles. The lowest BCUT2D eigenvalue weighted by Gasteiger charge is -2.21. The zero-order valence-corrected chi connectivity index (χ0v) is 12.6. The number of thiol groups is 1. The van der Waals surface area contributed by atoms with Crippen LogP contribution in [0.3, 0.4) is 0 Å². The van der Waals surface area contributed by atoms with Crippen LogP contribution in [0.25, 0.3) is 0 Å². The fourth-order valence-corrected chi connectivity index (χ4v) is 1.62. The summed E-state index contributed by atoms with van der Waals surface area (Å²) in [5.74, 6) is -0.0896. The van der Waals surface area contributed by atoms with Gasteiger partial charge in [-0.2, -0.15) is 12.6 Å². The van der Waals surface area contributed by atoms with Gasteiger partial charge in [0.25, 0.3) is 0 Å². The summed E-state index contributed by atoms with van der Waals surface area (Å²) in [6.07, 6.45) is 0.889. The molecule has 2 amide bonds. The summed E-state index contributed by atoms with van der Waals surface area (Å²) in [5, 5.41) is 5.36. The lowest BCUT2D eigenvalue weighted by molar-refractivity contribution is -0.127. The molecule has 2 N–H and O–H groups in total. The van der Waals surface area contributed by atoms with Crippen LogP contribution in [0, 0.1) is 0 Å². The first kappa shape index (κ1) is 17.2. The average molecular weight is 275 g/mol. The van der Waals surface area contributed by atoms with Gasteiger partial charge in [0, 0.05) is 25.3 Å². The van der Waals surface area contributed by atoms with E-state index in [4.69, 9.17) is 0 Å². The van der Waals surface area contributed by atoms with E-state index in [-0.39, 0.29) is 11.8 Å². The van der Waals surface area contributed by atoms with E-state index in [1.54, 1.807) is 0 Å². The predicted octanol–water partition coefficient (Wildman–Crippen LogP) is 0.267. The highest BCUT2D eigenvalue weighted by Gasteiger charge is 2.16. The van der Waals surface area contributed by atoms with Gasteiger partial charge in [0.05, 0.1) is 0 Å². The van der Waals surface area contributed by atoms with Gasteiger partial charge in [-0.3, -0.25) is 9.59 Å². The van der Waals surface area contributed by atoms with Crippen molar-refractivity contribution in [1.29, 1.82) is 0 Å². The number of carbonyl (C=O) groups excluding carboxylic acids is 2. The molecule has 0 rings (SSSR count). The highest BCUT2D eigenvalue weighted by Crippen LogP contribution is 1.95. The van der Waals surface area contributed by atoms with Crippen LogP contribution in [0.1, 0.15) is 27.2 Å². The molecule has 0 fully saturated rings. The maximum Gasteiger partial charge on any atom is 0.243 e. The van der Waals surface area contributed by atoms with Crippen LogP contribution in [0.5, 0.6) is 0 Å². The lowest BCUT2D eigenvalue weighted by atomic mass is 10.3. The van der Waals surface area contributed by atoms with Gasteiger partial charge in [-0.1, -0.05) is 0 Å². The molecule has 0 saturated heterocycles. The normalized spacial score (nSPS) is 12.6. The van der Waals surface area contributed by atoms with Crippen LogP contribution in [0.4, 0.5) is 0 Å². The van der Waals surface area contributed by atoms with E-state index in [0.717, 1.165) is 13.0 Å². The number of hydrogen-bond donors (Lipinski definition) is 3. The third-order valence-electron chi connectivity index (χ3n) is 2.74. The Kier molecular flexibility index (Phi) is 8.83. The minimum atomic E-state index is -0.548. The quantitative estimate of drug-likeness (QED) is 0.440. The molecule has 0 aliphatic carbocycles. The fraction of sp³-hybridized carbons (Fsp3) is 0.833. The second-order valence-corrected chi connectivity index (χ2v) is 5.02. The number of rotatable bonds is 8. The molecule has 106 valence electrons. The standard InChI is InChI=1S/C12H25N3O2S/c1-9(2)15(4)7-5-6-13-12(17)11(8-18)14-10(3)16/h9,11,18H,5-8H2,1-4H3,(H,13,17)(H,14,16). The van der Waals surface area contributed by atoms with Crippen molar-refractivity contribution in [3.63, 3.8) is 0 Å². The van der Waals surface area contributed by atoms with Crippen LogP contribution >= 0.6 is 12.6 Å². The topological polar surface area (TPSA) is 61.4 Å². The van der Waals surface area contributed by atoms with E-state index in [1.807, 2.05) is 0 Å². The van der Waals surface area contributed by atoms with Crippen LogP contribution in [-0.4, -0.2) is 54.7 Å². The van der Waals surface area contributed by atoms with E-state index >= 15 is 0 Å². The van der Waals surface area contributed by atoms with Crippen LogP contribution in [0.15, 0.2) is 0 Å². The first-order valence-corrected chi connectivity index (χ1v) is 6.87. The maximum absolute atomic E-state index is 11.7. The van der Waals surface area contributed by atoms with Crippen LogP contribution < -0.4 is 10.6 Å². The molecular weight excluding hydrogens is 250 g/mol. The molecule has 0 aliphatic heterocycles. The fourth-order valence-electron chi connectivity index (χ4n) is 1.36. The van der Waals surface area contributed by atoms with Gasteiger partial charge in [0.15, 0.2) is 0 Å². The van der Waals surface area contributed by atoms with Crippen LogP contribution in [0.2, 0.25) is 0 Å². The number of amides is 2. The average Bonchev–Trinajstić information content (AvgIpc) is 2.30. The highest BCUT2D eigenvalue weighted by atomic mass is 32.1. The van der Waals surface area contributed by atoms with E-state index in [0.29, 0.717) is 18.3 Å². The Balaban J connectivity index is 3.84. The van der Waals surface area contributed by atoms with E-state index in [2.05, 4.69) is 49.1 Å².